The van der Waals surface area contributed by atoms with Crippen LogP contribution < -0.4 is 0 Å². The minimum Gasteiger partial charge on any atom is -0.454 e. The van der Waals surface area contributed by atoms with Gasteiger partial charge in [-0.1, -0.05) is 0 Å². The first-order valence-electron chi connectivity index (χ1n) is 8.76. The molecule has 0 saturated heterocycles. The van der Waals surface area contributed by atoms with Gasteiger partial charge in [-0.25, -0.2) is 0 Å². The average molecular weight is 382 g/mol. The molecule has 7 heteroatoms. The first kappa shape index (κ1) is 22.7. The predicted octanol–water partition coefficient (Wildman–Crippen LogP) is 3.84. The summed E-state index contributed by atoms with van der Waals surface area (Å²) in [5.74, 6) is -1.76. The number of esters is 3. The van der Waals surface area contributed by atoms with Gasteiger partial charge < -0.3 is 18.9 Å². The second-order valence-corrected chi connectivity index (χ2v) is 9.47. The van der Waals surface area contributed by atoms with Crippen LogP contribution in [0.2, 0.25) is 0 Å². The van der Waals surface area contributed by atoms with Gasteiger partial charge in [0.05, 0.1) is 16.2 Å². The van der Waals surface area contributed by atoms with Gasteiger partial charge >= 0.3 is 23.9 Å². The summed E-state index contributed by atoms with van der Waals surface area (Å²) in [7, 11) is 0. The zero-order valence-electron chi connectivity index (χ0n) is 17.6. The van der Waals surface area contributed by atoms with Crippen LogP contribution in [0.15, 0.2) is 23.5 Å². The quantitative estimate of drug-likeness (QED) is 0.541. The van der Waals surface area contributed by atoms with Gasteiger partial charge in [-0.3, -0.25) is 14.4 Å². The normalized spacial score (nSPS) is 15.5. The third-order valence-corrected chi connectivity index (χ3v) is 3.29. The Labute approximate surface area is 160 Å². The molecule has 1 rings (SSSR count). The van der Waals surface area contributed by atoms with E-state index in [9.17, 15) is 14.4 Å². The lowest BCUT2D eigenvalue weighted by Crippen LogP contribution is -2.29. The monoisotopic (exact) mass is 382 g/mol. The fourth-order valence-corrected chi connectivity index (χ4v) is 1.43. The average Bonchev–Trinajstić information content (AvgIpc) is 2.46. The summed E-state index contributed by atoms with van der Waals surface area (Å²) < 4.78 is 21.3. The van der Waals surface area contributed by atoms with Crippen molar-refractivity contribution >= 4 is 17.9 Å². The van der Waals surface area contributed by atoms with E-state index in [4.69, 9.17) is 18.9 Å². The van der Waals surface area contributed by atoms with Gasteiger partial charge in [-0.15, -0.1) is 0 Å². The van der Waals surface area contributed by atoms with Crippen LogP contribution in [0, 0.1) is 16.2 Å². The number of carbonyl (C=O) groups excluding carboxylic acids is 3. The SMILES string of the molecule is CC(C)(C)C(=O)OC1=CC(OC(=O)C(C)(C)C)=C(OC(=O)C(C)(C)C)OC1. The molecule has 0 saturated carbocycles. The zero-order chi connectivity index (χ0) is 21.2. The highest BCUT2D eigenvalue weighted by Gasteiger charge is 2.33. The summed E-state index contributed by atoms with van der Waals surface area (Å²) in [6.07, 6.45) is 1.34. The first-order valence-corrected chi connectivity index (χ1v) is 8.76. The predicted molar refractivity (Wildman–Crippen MR) is 97.7 cm³/mol. The Morgan fingerprint density at radius 2 is 1.15 bits per heavy atom. The Hall–Kier alpha value is -2.31. The summed E-state index contributed by atoms with van der Waals surface area (Å²) in [5, 5.41) is 0. The van der Waals surface area contributed by atoms with Gasteiger partial charge in [0.15, 0.2) is 0 Å². The van der Waals surface area contributed by atoms with E-state index < -0.39 is 34.2 Å². The fourth-order valence-electron chi connectivity index (χ4n) is 1.43. The van der Waals surface area contributed by atoms with Gasteiger partial charge in [0.25, 0.3) is 0 Å². The highest BCUT2D eigenvalue weighted by Crippen LogP contribution is 2.28. The van der Waals surface area contributed by atoms with Crippen molar-refractivity contribution in [1.82, 2.24) is 0 Å². The Morgan fingerprint density at radius 1 is 0.741 bits per heavy atom. The van der Waals surface area contributed by atoms with E-state index in [-0.39, 0.29) is 24.1 Å². The molecule has 0 fully saturated rings. The summed E-state index contributed by atoms with van der Waals surface area (Å²) in [4.78, 5) is 36.5. The molecular formula is C20H30O7. The second kappa shape index (κ2) is 7.74. The van der Waals surface area contributed by atoms with Crippen LogP contribution in [0.1, 0.15) is 62.3 Å². The van der Waals surface area contributed by atoms with Gasteiger partial charge in [-0.05, 0) is 62.3 Å². The molecule has 0 amide bonds. The van der Waals surface area contributed by atoms with Crippen molar-refractivity contribution < 1.29 is 33.3 Å². The van der Waals surface area contributed by atoms with Gasteiger partial charge in [0, 0.05) is 6.08 Å². The molecule has 0 spiro atoms. The van der Waals surface area contributed by atoms with E-state index in [1.807, 2.05) is 0 Å². The Kier molecular flexibility index (Phi) is 6.52. The molecule has 0 radical (unpaired) electrons. The molecule has 0 aromatic carbocycles. The van der Waals surface area contributed by atoms with Crippen molar-refractivity contribution in [2.24, 2.45) is 16.2 Å². The fraction of sp³-hybridized carbons (Fsp3) is 0.650. The summed E-state index contributed by atoms with van der Waals surface area (Å²) in [5.41, 5.74) is -2.29. The molecular weight excluding hydrogens is 352 g/mol. The van der Waals surface area contributed by atoms with Crippen LogP contribution in [-0.2, 0) is 33.3 Å². The smallest absolute Gasteiger partial charge is 0.332 e. The van der Waals surface area contributed by atoms with Crippen molar-refractivity contribution in [3.63, 3.8) is 0 Å². The highest BCUT2D eigenvalue weighted by molar-refractivity contribution is 5.78. The second-order valence-electron chi connectivity index (χ2n) is 9.47. The van der Waals surface area contributed by atoms with Crippen LogP contribution in [0.25, 0.3) is 0 Å². The summed E-state index contributed by atoms with van der Waals surface area (Å²) >= 11 is 0. The molecule has 0 aromatic heterocycles. The van der Waals surface area contributed by atoms with Gasteiger partial charge in [0.2, 0.25) is 5.76 Å². The maximum absolute atomic E-state index is 12.3. The number of hydrogen-bond acceptors (Lipinski definition) is 7. The standard InChI is InChI=1S/C20H30O7/c1-18(2,3)15(21)25-12-10-13(26-16(22)19(4,5)6)14(24-11-12)27-17(23)20(7,8)9/h10H,11H2,1-9H3. The van der Waals surface area contributed by atoms with E-state index in [2.05, 4.69) is 0 Å². The minimum atomic E-state index is -0.792. The van der Waals surface area contributed by atoms with E-state index in [0.717, 1.165) is 0 Å². The highest BCUT2D eigenvalue weighted by atomic mass is 16.7. The number of ether oxygens (including phenoxy) is 4. The number of rotatable bonds is 3. The van der Waals surface area contributed by atoms with E-state index >= 15 is 0 Å². The lowest BCUT2D eigenvalue weighted by Gasteiger charge is -2.25. The molecule has 0 N–H and O–H groups in total. The number of allylic oxidation sites excluding steroid dienone is 1. The molecule has 1 aliphatic heterocycles. The van der Waals surface area contributed by atoms with Crippen LogP contribution in [0.4, 0.5) is 0 Å². The first-order chi connectivity index (χ1) is 12.0. The molecule has 152 valence electrons. The molecule has 0 aromatic rings. The summed E-state index contributed by atoms with van der Waals surface area (Å²) in [6.45, 7) is 15.1. The van der Waals surface area contributed by atoms with E-state index in [0.29, 0.717) is 0 Å². The number of carbonyl (C=O) groups is 3. The third-order valence-electron chi connectivity index (χ3n) is 3.29. The molecule has 0 aliphatic carbocycles. The van der Waals surface area contributed by atoms with Gasteiger partial charge in [-0.2, -0.15) is 0 Å². The summed E-state index contributed by atoms with van der Waals surface area (Å²) in [6, 6.07) is 0. The van der Waals surface area contributed by atoms with E-state index in [1.165, 1.54) is 6.08 Å². The molecule has 7 nitrogen and oxygen atoms in total. The van der Waals surface area contributed by atoms with Crippen LogP contribution in [-0.4, -0.2) is 24.5 Å². The maximum atomic E-state index is 12.3. The Morgan fingerprint density at radius 3 is 1.59 bits per heavy atom. The Bertz CT molecular complexity index is 677. The van der Waals surface area contributed by atoms with Gasteiger partial charge in [0.1, 0.15) is 12.4 Å². The lowest BCUT2D eigenvalue weighted by molar-refractivity contribution is -0.160. The van der Waals surface area contributed by atoms with Crippen molar-refractivity contribution in [2.45, 2.75) is 62.3 Å². The van der Waals surface area contributed by atoms with Crippen molar-refractivity contribution in [3.8, 4) is 0 Å². The Balaban J connectivity index is 3.18. The van der Waals surface area contributed by atoms with Crippen LogP contribution in [0.5, 0.6) is 0 Å². The largest absolute Gasteiger partial charge is 0.454 e. The zero-order valence-corrected chi connectivity index (χ0v) is 17.6. The molecule has 0 bridgehead atoms. The molecule has 1 aliphatic rings. The minimum absolute atomic E-state index is 0.115. The van der Waals surface area contributed by atoms with E-state index in [1.54, 1.807) is 62.3 Å². The lowest BCUT2D eigenvalue weighted by atomic mass is 9.97. The topological polar surface area (TPSA) is 88.1 Å². The van der Waals surface area contributed by atoms with Crippen LogP contribution in [0.3, 0.4) is 0 Å². The molecule has 27 heavy (non-hydrogen) atoms. The molecule has 0 unspecified atom stereocenters. The van der Waals surface area contributed by atoms with Crippen LogP contribution >= 0.6 is 0 Å². The van der Waals surface area contributed by atoms with Crippen molar-refractivity contribution in [3.05, 3.63) is 23.5 Å². The van der Waals surface area contributed by atoms with Crippen molar-refractivity contribution in [1.29, 1.82) is 0 Å². The van der Waals surface area contributed by atoms with Crippen molar-refractivity contribution in [2.75, 3.05) is 6.61 Å². The maximum Gasteiger partial charge on any atom is 0.332 e. The molecule has 1 heterocycles. The third kappa shape index (κ3) is 6.73. The number of hydrogen-bond donors (Lipinski definition) is 0. The molecule has 0 atom stereocenters.